The van der Waals surface area contributed by atoms with Gasteiger partial charge in [0.05, 0.1) is 26.8 Å². The number of non-ortho nitro benzene ring substituents is 1. The third-order valence-corrected chi connectivity index (χ3v) is 4.54. The standard InChI is InChI=1S/C21H19ClN4O6/c1-12(2)9-18-24-19(32-25-18)11-31-21(28)15-5-3-4-6-17(15)23-20(27)14-8-7-13(26(29)30)10-16(14)22/h3-8,10,12H,9,11H2,1-2H3,(H,23,27). The van der Waals surface area contributed by atoms with Crippen LogP contribution < -0.4 is 5.32 Å². The van der Waals surface area contributed by atoms with Crippen molar-refractivity contribution in [3.63, 3.8) is 0 Å². The molecule has 0 unspecified atom stereocenters. The van der Waals surface area contributed by atoms with Crippen LogP contribution in [0.4, 0.5) is 11.4 Å². The van der Waals surface area contributed by atoms with Crippen LogP contribution in [0.15, 0.2) is 47.0 Å². The maximum atomic E-state index is 12.6. The zero-order valence-corrected chi connectivity index (χ0v) is 18.0. The van der Waals surface area contributed by atoms with Gasteiger partial charge in [0.2, 0.25) is 0 Å². The molecule has 1 heterocycles. The van der Waals surface area contributed by atoms with Crippen LogP contribution in [0.25, 0.3) is 0 Å². The average Bonchev–Trinajstić information content (AvgIpc) is 3.18. The molecule has 0 saturated heterocycles. The number of nitrogens with one attached hydrogen (secondary N) is 1. The van der Waals surface area contributed by atoms with Gasteiger partial charge in [-0.3, -0.25) is 14.9 Å². The molecular weight excluding hydrogens is 440 g/mol. The molecule has 0 aliphatic rings. The smallest absolute Gasteiger partial charge is 0.340 e. The van der Waals surface area contributed by atoms with Crippen LogP contribution in [0, 0.1) is 16.0 Å². The summed E-state index contributed by atoms with van der Waals surface area (Å²) in [5, 5.41) is 17.2. The molecule has 3 aromatic rings. The van der Waals surface area contributed by atoms with E-state index < -0.39 is 16.8 Å². The Balaban J connectivity index is 1.70. The number of hydrogen-bond acceptors (Lipinski definition) is 8. The summed E-state index contributed by atoms with van der Waals surface area (Å²) in [7, 11) is 0. The van der Waals surface area contributed by atoms with Gasteiger partial charge < -0.3 is 14.6 Å². The van der Waals surface area contributed by atoms with Crippen molar-refractivity contribution in [1.82, 2.24) is 10.1 Å². The first-order valence-corrected chi connectivity index (χ1v) is 9.95. The molecule has 3 rings (SSSR count). The largest absolute Gasteiger partial charge is 0.452 e. The fourth-order valence-electron chi connectivity index (χ4n) is 2.76. The molecular formula is C21H19ClN4O6. The van der Waals surface area contributed by atoms with Gasteiger partial charge in [-0.05, 0) is 24.1 Å². The highest BCUT2D eigenvalue weighted by atomic mass is 35.5. The zero-order chi connectivity index (χ0) is 23.3. The predicted molar refractivity (Wildman–Crippen MR) is 114 cm³/mol. The van der Waals surface area contributed by atoms with Crippen LogP contribution in [0.2, 0.25) is 5.02 Å². The van der Waals surface area contributed by atoms with Crippen molar-refractivity contribution in [1.29, 1.82) is 0 Å². The fraction of sp³-hybridized carbons (Fsp3) is 0.238. The highest BCUT2D eigenvalue weighted by molar-refractivity contribution is 6.34. The monoisotopic (exact) mass is 458 g/mol. The van der Waals surface area contributed by atoms with Gasteiger partial charge in [-0.1, -0.05) is 42.7 Å². The third-order valence-electron chi connectivity index (χ3n) is 4.23. The molecule has 11 heteroatoms. The lowest BCUT2D eigenvalue weighted by Crippen LogP contribution is -2.16. The first kappa shape index (κ1) is 22.9. The Kier molecular flexibility index (Phi) is 7.16. The van der Waals surface area contributed by atoms with Crippen LogP contribution in [0.1, 0.15) is 46.3 Å². The number of amides is 1. The second-order valence-electron chi connectivity index (χ2n) is 7.20. The van der Waals surface area contributed by atoms with Crippen molar-refractivity contribution >= 4 is 34.9 Å². The molecule has 0 aliphatic heterocycles. The van der Waals surface area contributed by atoms with Gasteiger partial charge in [0.25, 0.3) is 17.5 Å². The molecule has 0 saturated carbocycles. The zero-order valence-electron chi connectivity index (χ0n) is 17.2. The van der Waals surface area contributed by atoms with E-state index in [2.05, 4.69) is 15.5 Å². The minimum Gasteiger partial charge on any atom is -0.452 e. The van der Waals surface area contributed by atoms with Gasteiger partial charge in [-0.2, -0.15) is 4.98 Å². The Hall–Kier alpha value is -3.79. The van der Waals surface area contributed by atoms with Gasteiger partial charge in [0.1, 0.15) is 0 Å². The number of nitro benzene ring substituents is 1. The number of para-hydroxylation sites is 1. The summed E-state index contributed by atoms with van der Waals surface area (Å²) in [5.74, 6) is -0.311. The highest BCUT2D eigenvalue weighted by Gasteiger charge is 2.19. The molecule has 1 amide bonds. The number of carbonyl (C=O) groups is 2. The van der Waals surface area contributed by atoms with E-state index in [1.165, 1.54) is 24.3 Å². The first-order valence-electron chi connectivity index (χ1n) is 9.57. The van der Waals surface area contributed by atoms with Crippen molar-refractivity contribution in [2.24, 2.45) is 5.92 Å². The number of hydrogen-bond donors (Lipinski definition) is 1. The van der Waals surface area contributed by atoms with Crippen LogP contribution >= 0.6 is 11.6 Å². The van der Waals surface area contributed by atoms with Gasteiger partial charge in [-0.15, -0.1) is 0 Å². The number of ether oxygens (including phenoxy) is 1. The Morgan fingerprint density at radius 1 is 1.22 bits per heavy atom. The summed E-state index contributed by atoms with van der Waals surface area (Å²) in [5.41, 5.74) is 0.0563. The molecule has 166 valence electrons. The van der Waals surface area contributed by atoms with Gasteiger partial charge in [0, 0.05) is 18.6 Å². The summed E-state index contributed by atoms with van der Waals surface area (Å²) in [6, 6.07) is 9.71. The number of anilines is 1. The van der Waals surface area contributed by atoms with Crippen LogP contribution in [0.5, 0.6) is 0 Å². The summed E-state index contributed by atoms with van der Waals surface area (Å²) < 4.78 is 10.3. The molecule has 0 radical (unpaired) electrons. The lowest BCUT2D eigenvalue weighted by molar-refractivity contribution is -0.384. The highest BCUT2D eigenvalue weighted by Crippen LogP contribution is 2.24. The van der Waals surface area contributed by atoms with E-state index in [9.17, 15) is 19.7 Å². The molecule has 0 atom stereocenters. The van der Waals surface area contributed by atoms with Crippen molar-refractivity contribution in [3.8, 4) is 0 Å². The Morgan fingerprint density at radius 3 is 2.66 bits per heavy atom. The summed E-state index contributed by atoms with van der Waals surface area (Å²) in [6.45, 7) is 3.82. The Bertz CT molecular complexity index is 1160. The second kappa shape index (κ2) is 10.0. The lowest BCUT2D eigenvalue weighted by atomic mass is 10.1. The summed E-state index contributed by atoms with van der Waals surface area (Å²) in [4.78, 5) is 39.6. The summed E-state index contributed by atoms with van der Waals surface area (Å²) >= 11 is 6.01. The topological polar surface area (TPSA) is 137 Å². The fourth-order valence-corrected chi connectivity index (χ4v) is 3.02. The molecule has 10 nitrogen and oxygen atoms in total. The minimum atomic E-state index is -0.709. The van der Waals surface area contributed by atoms with E-state index in [0.29, 0.717) is 18.2 Å². The van der Waals surface area contributed by atoms with E-state index in [1.54, 1.807) is 12.1 Å². The van der Waals surface area contributed by atoms with E-state index in [-0.39, 0.29) is 40.0 Å². The molecule has 0 bridgehead atoms. The molecule has 0 fully saturated rings. The van der Waals surface area contributed by atoms with Gasteiger partial charge in [-0.25, -0.2) is 4.79 Å². The van der Waals surface area contributed by atoms with Gasteiger partial charge >= 0.3 is 5.97 Å². The van der Waals surface area contributed by atoms with Gasteiger partial charge in [0.15, 0.2) is 12.4 Å². The van der Waals surface area contributed by atoms with Crippen molar-refractivity contribution in [2.75, 3.05) is 5.32 Å². The lowest BCUT2D eigenvalue weighted by Gasteiger charge is -2.11. The number of nitro groups is 1. The number of benzene rings is 2. The van der Waals surface area contributed by atoms with E-state index in [4.69, 9.17) is 20.9 Å². The van der Waals surface area contributed by atoms with E-state index in [1.807, 2.05) is 13.8 Å². The number of rotatable bonds is 8. The minimum absolute atomic E-state index is 0.0176. The molecule has 1 N–H and O–H groups in total. The van der Waals surface area contributed by atoms with Crippen LogP contribution in [-0.2, 0) is 17.8 Å². The Labute approximate surface area is 187 Å². The number of carbonyl (C=O) groups excluding carboxylic acids is 2. The second-order valence-corrected chi connectivity index (χ2v) is 7.61. The normalized spacial score (nSPS) is 10.8. The maximum absolute atomic E-state index is 12.6. The molecule has 0 spiro atoms. The molecule has 2 aromatic carbocycles. The first-order chi connectivity index (χ1) is 15.2. The number of aromatic nitrogens is 2. The molecule has 1 aromatic heterocycles. The van der Waals surface area contributed by atoms with Crippen LogP contribution in [-0.4, -0.2) is 26.9 Å². The predicted octanol–water partition coefficient (Wildman–Crippen LogP) is 4.44. The number of halogens is 1. The van der Waals surface area contributed by atoms with Crippen molar-refractivity contribution in [3.05, 3.63) is 80.4 Å². The Morgan fingerprint density at radius 2 is 1.97 bits per heavy atom. The average molecular weight is 459 g/mol. The number of esters is 1. The molecule has 32 heavy (non-hydrogen) atoms. The number of nitrogens with zero attached hydrogens (tertiary/aromatic N) is 3. The quantitative estimate of drug-likeness (QED) is 0.297. The van der Waals surface area contributed by atoms with E-state index in [0.717, 1.165) is 6.07 Å². The SMILES string of the molecule is CC(C)Cc1noc(COC(=O)c2ccccc2NC(=O)c2ccc([N+](=O)[O-])cc2Cl)n1. The maximum Gasteiger partial charge on any atom is 0.340 e. The third kappa shape index (κ3) is 5.67. The molecule has 0 aliphatic carbocycles. The van der Waals surface area contributed by atoms with Crippen molar-refractivity contribution in [2.45, 2.75) is 26.9 Å². The summed E-state index contributed by atoms with van der Waals surface area (Å²) in [6.07, 6.45) is 0.636. The van der Waals surface area contributed by atoms with E-state index >= 15 is 0 Å². The van der Waals surface area contributed by atoms with Crippen molar-refractivity contribution < 1.29 is 23.8 Å². The van der Waals surface area contributed by atoms with Crippen LogP contribution in [0.3, 0.4) is 0 Å².